The van der Waals surface area contributed by atoms with Crippen molar-refractivity contribution in [3.05, 3.63) is 35.4 Å². The number of likely N-dealkylation sites (tertiary alicyclic amines) is 1. The Balaban J connectivity index is 1.66. The molecule has 108 valence electrons. The van der Waals surface area contributed by atoms with Crippen molar-refractivity contribution in [1.82, 2.24) is 4.90 Å². The number of methoxy groups -OCH3 is 1. The van der Waals surface area contributed by atoms with Crippen LogP contribution in [0.15, 0.2) is 24.3 Å². The number of esters is 1. The molecule has 1 aromatic rings. The zero-order valence-corrected chi connectivity index (χ0v) is 11.9. The van der Waals surface area contributed by atoms with E-state index in [1.807, 2.05) is 12.1 Å². The van der Waals surface area contributed by atoms with Crippen molar-refractivity contribution in [1.29, 1.82) is 0 Å². The number of fused-ring (bicyclic) bond motifs is 1. The van der Waals surface area contributed by atoms with Crippen LogP contribution in [0.1, 0.15) is 28.8 Å². The molecule has 0 amide bonds. The Labute approximate surface area is 119 Å². The summed E-state index contributed by atoms with van der Waals surface area (Å²) in [4.78, 5) is 14.0. The van der Waals surface area contributed by atoms with Gasteiger partial charge in [-0.15, -0.1) is 0 Å². The summed E-state index contributed by atoms with van der Waals surface area (Å²) in [5, 5.41) is 0. The van der Waals surface area contributed by atoms with E-state index < -0.39 is 0 Å². The third-order valence-corrected chi connectivity index (χ3v) is 4.74. The van der Waals surface area contributed by atoms with Crippen LogP contribution in [0.3, 0.4) is 0 Å². The van der Waals surface area contributed by atoms with E-state index in [0.29, 0.717) is 17.5 Å². The quantitative estimate of drug-likeness (QED) is 0.851. The highest BCUT2D eigenvalue weighted by Gasteiger charge is 2.40. The number of rotatable bonds is 3. The fourth-order valence-electron chi connectivity index (χ4n) is 3.70. The number of carbonyl (C=O) groups excluding carboxylic acids is 1. The molecule has 3 unspecified atom stereocenters. The van der Waals surface area contributed by atoms with Crippen LogP contribution in [-0.4, -0.2) is 37.1 Å². The molecule has 4 nitrogen and oxygen atoms in total. The van der Waals surface area contributed by atoms with Gasteiger partial charge in [0, 0.05) is 25.7 Å². The van der Waals surface area contributed by atoms with Gasteiger partial charge in [0.25, 0.3) is 0 Å². The molecule has 2 N–H and O–H groups in total. The van der Waals surface area contributed by atoms with Crippen LogP contribution in [0.5, 0.6) is 0 Å². The van der Waals surface area contributed by atoms with E-state index in [-0.39, 0.29) is 5.97 Å². The fourth-order valence-corrected chi connectivity index (χ4v) is 3.70. The zero-order valence-electron chi connectivity index (χ0n) is 11.9. The maximum Gasteiger partial charge on any atom is 0.337 e. The number of hydrogen-bond acceptors (Lipinski definition) is 4. The molecule has 0 bridgehead atoms. The Hall–Kier alpha value is -1.39. The smallest absolute Gasteiger partial charge is 0.337 e. The van der Waals surface area contributed by atoms with Crippen molar-refractivity contribution in [2.45, 2.75) is 25.4 Å². The SMILES string of the molecule is COC(=O)c1cccc(CN2CC3CCC(N)C3C2)c1. The van der Waals surface area contributed by atoms with Gasteiger partial charge in [-0.05, 0) is 42.4 Å². The Bertz CT molecular complexity index is 503. The van der Waals surface area contributed by atoms with E-state index in [4.69, 9.17) is 10.5 Å². The van der Waals surface area contributed by atoms with E-state index in [0.717, 1.165) is 25.6 Å². The maximum absolute atomic E-state index is 11.6. The first-order valence-corrected chi connectivity index (χ1v) is 7.32. The Morgan fingerprint density at radius 3 is 3.00 bits per heavy atom. The molecule has 2 fully saturated rings. The van der Waals surface area contributed by atoms with Gasteiger partial charge in [-0.2, -0.15) is 0 Å². The Kier molecular flexibility index (Phi) is 3.76. The maximum atomic E-state index is 11.6. The summed E-state index contributed by atoms with van der Waals surface area (Å²) in [5.74, 6) is 1.17. The minimum absolute atomic E-state index is 0.271. The van der Waals surface area contributed by atoms with E-state index in [9.17, 15) is 4.79 Å². The van der Waals surface area contributed by atoms with Crippen molar-refractivity contribution in [3.63, 3.8) is 0 Å². The lowest BCUT2D eigenvalue weighted by atomic mass is 9.98. The van der Waals surface area contributed by atoms with Gasteiger partial charge < -0.3 is 10.5 Å². The van der Waals surface area contributed by atoms with Gasteiger partial charge in [0.05, 0.1) is 12.7 Å². The van der Waals surface area contributed by atoms with Gasteiger partial charge >= 0.3 is 5.97 Å². The highest BCUT2D eigenvalue weighted by Crippen LogP contribution is 2.37. The third kappa shape index (κ3) is 2.58. The number of benzene rings is 1. The van der Waals surface area contributed by atoms with Gasteiger partial charge in [0.2, 0.25) is 0 Å². The van der Waals surface area contributed by atoms with Crippen molar-refractivity contribution in [2.75, 3.05) is 20.2 Å². The molecule has 1 saturated carbocycles. The molecule has 1 heterocycles. The molecular weight excluding hydrogens is 252 g/mol. The Morgan fingerprint density at radius 2 is 2.25 bits per heavy atom. The number of nitrogens with two attached hydrogens (primary N) is 1. The summed E-state index contributed by atoms with van der Waals surface area (Å²) in [6, 6.07) is 8.10. The van der Waals surface area contributed by atoms with Crippen LogP contribution < -0.4 is 5.73 Å². The minimum Gasteiger partial charge on any atom is -0.465 e. The summed E-state index contributed by atoms with van der Waals surface area (Å²) >= 11 is 0. The van der Waals surface area contributed by atoms with Crippen LogP contribution in [-0.2, 0) is 11.3 Å². The van der Waals surface area contributed by atoms with Gasteiger partial charge in [-0.25, -0.2) is 4.79 Å². The lowest BCUT2D eigenvalue weighted by Gasteiger charge is -2.18. The van der Waals surface area contributed by atoms with E-state index in [2.05, 4.69) is 11.0 Å². The summed E-state index contributed by atoms with van der Waals surface area (Å²) in [5.41, 5.74) is 7.96. The molecule has 1 aliphatic carbocycles. The van der Waals surface area contributed by atoms with Gasteiger partial charge in [-0.3, -0.25) is 4.90 Å². The molecule has 1 aromatic carbocycles. The van der Waals surface area contributed by atoms with Crippen molar-refractivity contribution < 1.29 is 9.53 Å². The lowest BCUT2D eigenvalue weighted by Crippen LogP contribution is -2.30. The third-order valence-electron chi connectivity index (χ3n) is 4.74. The van der Waals surface area contributed by atoms with Gasteiger partial charge in [0.1, 0.15) is 0 Å². The summed E-state index contributed by atoms with van der Waals surface area (Å²) in [6.45, 7) is 3.12. The molecular formula is C16H22N2O2. The molecule has 20 heavy (non-hydrogen) atoms. The zero-order chi connectivity index (χ0) is 14.1. The van der Waals surface area contributed by atoms with Crippen LogP contribution in [0.4, 0.5) is 0 Å². The summed E-state index contributed by atoms with van der Waals surface area (Å²) in [6.07, 6.45) is 2.45. The monoisotopic (exact) mass is 274 g/mol. The largest absolute Gasteiger partial charge is 0.465 e. The Morgan fingerprint density at radius 1 is 1.40 bits per heavy atom. The summed E-state index contributed by atoms with van der Waals surface area (Å²) < 4.78 is 4.77. The molecule has 3 rings (SSSR count). The highest BCUT2D eigenvalue weighted by atomic mass is 16.5. The van der Waals surface area contributed by atoms with E-state index in [1.54, 1.807) is 6.07 Å². The standard InChI is InChI=1S/C16H22N2O2/c1-20-16(19)12-4-2-3-11(7-12)8-18-9-13-5-6-15(17)14(13)10-18/h2-4,7,13-15H,5-6,8-10,17H2,1H3. The molecule has 4 heteroatoms. The molecule has 0 radical (unpaired) electrons. The lowest BCUT2D eigenvalue weighted by molar-refractivity contribution is 0.0600. The van der Waals surface area contributed by atoms with Gasteiger partial charge in [-0.1, -0.05) is 12.1 Å². The van der Waals surface area contributed by atoms with Gasteiger partial charge in [0.15, 0.2) is 0 Å². The molecule has 1 aliphatic heterocycles. The second kappa shape index (κ2) is 5.54. The normalized spacial score (nSPS) is 29.4. The fraction of sp³-hybridized carbons (Fsp3) is 0.562. The van der Waals surface area contributed by atoms with E-state index in [1.165, 1.54) is 25.5 Å². The first-order chi connectivity index (χ1) is 9.67. The van der Waals surface area contributed by atoms with Crippen LogP contribution in [0.2, 0.25) is 0 Å². The van der Waals surface area contributed by atoms with E-state index >= 15 is 0 Å². The number of hydrogen-bond donors (Lipinski definition) is 1. The van der Waals surface area contributed by atoms with Crippen molar-refractivity contribution in [3.8, 4) is 0 Å². The first kappa shape index (κ1) is 13.6. The van der Waals surface area contributed by atoms with Crippen molar-refractivity contribution in [2.24, 2.45) is 17.6 Å². The highest BCUT2D eigenvalue weighted by molar-refractivity contribution is 5.89. The first-order valence-electron chi connectivity index (χ1n) is 7.32. The van der Waals surface area contributed by atoms with Crippen molar-refractivity contribution >= 4 is 5.97 Å². The average Bonchev–Trinajstić information content (AvgIpc) is 3.00. The number of ether oxygens (including phenoxy) is 1. The predicted octanol–water partition coefficient (Wildman–Crippen LogP) is 1.64. The topological polar surface area (TPSA) is 55.6 Å². The average molecular weight is 274 g/mol. The second-order valence-corrected chi connectivity index (χ2v) is 6.05. The number of nitrogens with zero attached hydrogens (tertiary/aromatic N) is 1. The van der Waals surface area contributed by atoms with Crippen LogP contribution in [0.25, 0.3) is 0 Å². The number of carbonyl (C=O) groups is 1. The molecule has 2 aliphatic rings. The predicted molar refractivity (Wildman–Crippen MR) is 77.2 cm³/mol. The van der Waals surface area contributed by atoms with Crippen LogP contribution in [0, 0.1) is 11.8 Å². The molecule has 0 spiro atoms. The molecule has 0 aromatic heterocycles. The molecule has 3 atom stereocenters. The molecule has 1 saturated heterocycles. The second-order valence-electron chi connectivity index (χ2n) is 6.05. The minimum atomic E-state index is -0.271. The van der Waals surface area contributed by atoms with Crippen LogP contribution >= 0.6 is 0 Å². The summed E-state index contributed by atoms with van der Waals surface area (Å²) in [7, 11) is 1.41.